The lowest BCUT2D eigenvalue weighted by atomic mass is 10.0. The second kappa shape index (κ2) is 14.1. The van der Waals surface area contributed by atoms with Crippen LogP contribution in [0.1, 0.15) is 45.1 Å². The molecule has 4 unspecified atom stereocenters. The maximum atomic E-state index is 13.5. The van der Waals surface area contributed by atoms with Crippen molar-refractivity contribution in [3.63, 3.8) is 0 Å². The molecule has 10 heteroatoms. The Balaban J connectivity index is 2.08. The van der Waals surface area contributed by atoms with Crippen LogP contribution in [0.2, 0.25) is 0 Å². The summed E-state index contributed by atoms with van der Waals surface area (Å²) in [5, 5.41) is 14.8. The largest absolute Gasteiger partial charge is 0.480 e. The first-order chi connectivity index (χ1) is 16.6. The van der Waals surface area contributed by atoms with E-state index >= 15 is 0 Å². The first-order valence-corrected chi connectivity index (χ1v) is 13.5. The molecule has 1 saturated heterocycles. The van der Waals surface area contributed by atoms with Crippen LogP contribution in [0.15, 0.2) is 30.3 Å². The highest BCUT2D eigenvalue weighted by molar-refractivity contribution is 7.98. The third-order valence-electron chi connectivity index (χ3n) is 6.02. The van der Waals surface area contributed by atoms with E-state index in [1.165, 1.54) is 16.7 Å². The number of aliphatic carboxylic acids is 1. The number of nitrogens with one attached hydrogen (secondary N) is 2. The summed E-state index contributed by atoms with van der Waals surface area (Å²) in [6.07, 6.45) is 3.99. The van der Waals surface area contributed by atoms with Crippen molar-refractivity contribution < 1.29 is 24.3 Å². The maximum Gasteiger partial charge on any atom is 0.326 e. The van der Waals surface area contributed by atoms with Crippen LogP contribution in [0.5, 0.6) is 0 Å². The van der Waals surface area contributed by atoms with Crippen molar-refractivity contribution in [2.45, 2.75) is 70.1 Å². The van der Waals surface area contributed by atoms with Gasteiger partial charge in [-0.25, -0.2) is 4.79 Å². The molecule has 9 nitrogen and oxygen atoms in total. The van der Waals surface area contributed by atoms with E-state index in [0.29, 0.717) is 44.4 Å². The van der Waals surface area contributed by atoms with Crippen molar-refractivity contribution in [3.8, 4) is 0 Å². The van der Waals surface area contributed by atoms with E-state index in [1.807, 2.05) is 50.4 Å². The van der Waals surface area contributed by atoms with Gasteiger partial charge in [-0.2, -0.15) is 11.8 Å². The fraction of sp³-hybridized carbons (Fsp3) is 0.600. The van der Waals surface area contributed by atoms with E-state index in [-0.39, 0.29) is 11.8 Å². The van der Waals surface area contributed by atoms with Crippen LogP contribution < -0.4 is 16.4 Å². The van der Waals surface area contributed by atoms with Crippen LogP contribution in [-0.2, 0) is 25.6 Å². The fourth-order valence-electron chi connectivity index (χ4n) is 4.20. The van der Waals surface area contributed by atoms with E-state index in [4.69, 9.17) is 5.73 Å². The minimum absolute atomic E-state index is 0.118. The Morgan fingerprint density at radius 1 is 1.14 bits per heavy atom. The Morgan fingerprint density at radius 3 is 2.43 bits per heavy atom. The summed E-state index contributed by atoms with van der Waals surface area (Å²) in [4.78, 5) is 52.3. The molecule has 1 fully saturated rings. The van der Waals surface area contributed by atoms with Gasteiger partial charge < -0.3 is 26.4 Å². The van der Waals surface area contributed by atoms with Crippen molar-refractivity contribution in [2.24, 2.45) is 11.7 Å². The van der Waals surface area contributed by atoms with Gasteiger partial charge in [-0.3, -0.25) is 14.4 Å². The van der Waals surface area contributed by atoms with Gasteiger partial charge in [0.15, 0.2) is 0 Å². The molecule has 0 saturated carbocycles. The number of nitrogens with two attached hydrogens (primary N) is 1. The Hall–Kier alpha value is -2.59. The lowest BCUT2D eigenvalue weighted by Crippen LogP contribution is -2.57. The van der Waals surface area contributed by atoms with Gasteiger partial charge in [0.25, 0.3) is 0 Å². The van der Waals surface area contributed by atoms with E-state index in [0.717, 1.165) is 5.56 Å². The average molecular weight is 507 g/mol. The van der Waals surface area contributed by atoms with Crippen LogP contribution in [0, 0.1) is 5.92 Å². The third-order valence-corrected chi connectivity index (χ3v) is 6.66. The number of rotatable bonds is 13. The summed E-state index contributed by atoms with van der Waals surface area (Å²) in [5.41, 5.74) is 7.05. The molecular formula is C25H38N4O5S. The van der Waals surface area contributed by atoms with E-state index in [9.17, 15) is 24.3 Å². The molecule has 1 aliphatic heterocycles. The topological polar surface area (TPSA) is 142 Å². The van der Waals surface area contributed by atoms with Gasteiger partial charge in [0.1, 0.15) is 18.1 Å². The molecule has 194 valence electrons. The predicted molar refractivity (Wildman–Crippen MR) is 137 cm³/mol. The molecule has 4 atom stereocenters. The van der Waals surface area contributed by atoms with Gasteiger partial charge in [-0.05, 0) is 55.6 Å². The fourth-order valence-corrected chi connectivity index (χ4v) is 4.67. The van der Waals surface area contributed by atoms with Gasteiger partial charge >= 0.3 is 5.97 Å². The molecule has 0 spiro atoms. The molecule has 0 aromatic heterocycles. The molecule has 35 heavy (non-hydrogen) atoms. The smallest absolute Gasteiger partial charge is 0.326 e. The minimum Gasteiger partial charge on any atom is -0.480 e. The second-order valence-electron chi connectivity index (χ2n) is 9.36. The standard InChI is InChI=1S/C25H38N4O5S/c1-16(2)14-20(28-22(30)18(26)15-17-8-5-4-6-9-17)24(32)29-12-7-10-21(29)23(31)27-19(25(33)34)11-13-35-3/h4-6,8-9,16,18-21H,7,10-15,26H2,1-3H3,(H,27,31)(H,28,30)(H,33,34). The van der Waals surface area contributed by atoms with Crippen molar-refractivity contribution >= 4 is 35.5 Å². The van der Waals surface area contributed by atoms with Crippen LogP contribution in [0.4, 0.5) is 0 Å². The summed E-state index contributed by atoms with van der Waals surface area (Å²) < 4.78 is 0. The molecule has 2 rings (SSSR count). The SMILES string of the molecule is CSCCC(NC(=O)C1CCCN1C(=O)C(CC(C)C)NC(=O)C(N)Cc1ccccc1)C(=O)O. The van der Waals surface area contributed by atoms with Crippen molar-refractivity contribution in [3.05, 3.63) is 35.9 Å². The Morgan fingerprint density at radius 2 is 1.83 bits per heavy atom. The van der Waals surface area contributed by atoms with Gasteiger partial charge in [0, 0.05) is 6.54 Å². The molecule has 1 aromatic carbocycles. The van der Waals surface area contributed by atoms with Crippen LogP contribution in [-0.4, -0.2) is 76.4 Å². The molecule has 5 N–H and O–H groups in total. The summed E-state index contributed by atoms with van der Waals surface area (Å²) in [7, 11) is 0. The highest BCUT2D eigenvalue weighted by Crippen LogP contribution is 2.21. The van der Waals surface area contributed by atoms with Crippen LogP contribution >= 0.6 is 11.8 Å². The first-order valence-electron chi connectivity index (χ1n) is 12.1. The lowest BCUT2D eigenvalue weighted by molar-refractivity contribution is -0.145. The quantitative estimate of drug-likeness (QED) is 0.317. The monoisotopic (exact) mass is 506 g/mol. The Kier molecular flexibility index (Phi) is 11.5. The zero-order valence-corrected chi connectivity index (χ0v) is 21.6. The van der Waals surface area contributed by atoms with Gasteiger partial charge in [-0.15, -0.1) is 0 Å². The Bertz CT molecular complexity index is 867. The highest BCUT2D eigenvalue weighted by atomic mass is 32.2. The zero-order valence-electron chi connectivity index (χ0n) is 20.7. The summed E-state index contributed by atoms with van der Waals surface area (Å²) in [6.45, 7) is 4.28. The lowest BCUT2D eigenvalue weighted by Gasteiger charge is -2.30. The van der Waals surface area contributed by atoms with Crippen molar-refractivity contribution in [1.29, 1.82) is 0 Å². The molecular weight excluding hydrogens is 468 g/mol. The molecule has 1 aliphatic rings. The number of hydrogen-bond donors (Lipinski definition) is 4. The number of carboxylic acid groups (broad SMARTS) is 1. The number of carbonyl (C=O) groups is 4. The van der Waals surface area contributed by atoms with Gasteiger partial charge in [0.05, 0.1) is 6.04 Å². The van der Waals surface area contributed by atoms with Gasteiger partial charge in [-0.1, -0.05) is 44.2 Å². The predicted octanol–water partition coefficient (Wildman–Crippen LogP) is 1.40. The van der Waals surface area contributed by atoms with E-state index < -0.39 is 42.0 Å². The summed E-state index contributed by atoms with van der Waals surface area (Å²) in [5.74, 6) is -1.62. The molecule has 3 amide bonds. The number of nitrogens with zero attached hydrogens (tertiary/aromatic N) is 1. The number of likely N-dealkylation sites (tertiary alicyclic amines) is 1. The average Bonchev–Trinajstić information content (AvgIpc) is 3.31. The third kappa shape index (κ3) is 8.85. The van der Waals surface area contributed by atoms with E-state index in [2.05, 4.69) is 10.6 Å². The molecule has 0 aliphatic carbocycles. The molecule has 0 radical (unpaired) electrons. The first kappa shape index (κ1) is 28.6. The number of thioether (sulfide) groups is 1. The number of carboxylic acids is 1. The number of amides is 3. The number of carbonyl (C=O) groups excluding carboxylic acids is 3. The van der Waals surface area contributed by atoms with Gasteiger partial charge in [0.2, 0.25) is 17.7 Å². The second-order valence-corrected chi connectivity index (χ2v) is 10.3. The Labute approximate surface area is 211 Å². The maximum absolute atomic E-state index is 13.5. The molecule has 1 heterocycles. The number of benzene rings is 1. The van der Waals surface area contributed by atoms with E-state index in [1.54, 1.807) is 0 Å². The summed E-state index contributed by atoms with van der Waals surface area (Å²) >= 11 is 1.50. The minimum atomic E-state index is -1.10. The normalized spacial score (nSPS) is 18.1. The zero-order chi connectivity index (χ0) is 26.0. The number of hydrogen-bond acceptors (Lipinski definition) is 6. The highest BCUT2D eigenvalue weighted by Gasteiger charge is 2.39. The van der Waals surface area contributed by atoms with Crippen LogP contribution in [0.25, 0.3) is 0 Å². The van der Waals surface area contributed by atoms with Crippen molar-refractivity contribution in [2.75, 3.05) is 18.6 Å². The van der Waals surface area contributed by atoms with Crippen LogP contribution in [0.3, 0.4) is 0 Å². The van der Waals surface area contributed by atoms with Crippen molar-refractivity contribution in [1.82, 2.24) is 15.5 Å². The summed E-state index contributed by atoms with van der Waals surface area (Å²) in [6, 6.07) is 6.02. The molecule has 0 bridgehead atoms. The molecule has 1 aromatic rings.